The van der Waals surface area contributed by atoms with Gasteiger partial charge in [0.15, 0.2) is 14.5 Å². The summed E-state index contributed by atoms with van der Waals surface area (Å²) in [6.45, 7) is 4.40. The zero-order valence-electron chi connectivity index (χ0n) is 14.1. The first kappa shape index (κ1) is 18.2. The number of Topliss-reactive ketones (excluding diaryl/α,β-unsaturated/α-hetero) is 1. The molecule has 0 aliphatic carbocycles. The minimum absolute atomic E-state index is 0.0737. The van der Waals surface area contributed by atoms with Crippen LogP contribution in [0.25, 0.3) is 0 Å². The lowest BCUT2D eigenvalue weighted by atomic mass is 10.0. The molecule has 130 valence electrons. The molecule has 0 saturated heterocycles. The molecule has 0 unspecified atom stereocenters. The molecule has 1 N–H and O–H groups in total. The lowest BCUT2D eigenvalue weighted by Gasteiger charge is -2.05. The average molecular weight is 390 g/mol. The van der Waals surface area contributed by atoms with Crippen LogP contribution in [0.1, 0.15) is 41.4 Å². The van der Waals surface area contributed by atoms with E-state index in [-0.39, 0.29) is 5.78 Å². The number of H-pyrrole nitrogens is 1. The van der Waals surface area contributed by atoms with E-state index in [2.05, 4.69) is 53.3 Å². The number of hydrogen-bond acceptors (Lipinski definition) is 6. The van der Waals surface area contributed by atoms with Gasteiger partial charge in [0.05, 0.1) is 11.4 Å². The highest BCUT2D eigenvalue weighted by atomic mass is 32.2. The minimum Gasteiger partial charge on any atom is -0.359 e. The second-order valence-corrected chi connectivity index (χ2v) is 9.24. The molecular formula is C18H19N3OS3. The van der Waals surface area contributed by atoms with Gasteiger partial charge in [-0.05, 0) is 29.2 Å². The van der Waals surface area contributed by atoms with Crippen molar-refractivity contribution in [2.45, 2.75) is 34.2 Å². The number of aromatic nitrogens is 3. The molecule has 1 aromatic carbocycles. The molecule has 3 rings (SSSR count). The molecule has 0 atom stereocenters. The van der Waals surface area contributed by atoms with Crippen molar-refractivity contribution in [2.24, 2.45) is 0 Å². The van der Waals surface area contributed by atoms with Crippen LogP contribution in [-0.2, 0) is 5.75 Å². The number of carbonyl (C=O) groups excluding carboxylic acids is 1. The lowest BCUT2D eigenvalue weighted by molar-refractivity contribution is 0.101. The largest absolute Gasteiger partial charge is 0.359 e. The maximum absolute atomic E-state index is 12.0. The Hall–Kier alpha value is -1.57. The van der Waals surface area contributed by atoms with E-state index >= 15 is 0 Å². The first-order valence-electron chi connectivity index (χ1n) is 7.96. The SMILES string of the molecule is CC(C)c1ccc(CSc2nnc(SCC(=O)c3ccc[nH]3)s2)cc1. The Morgan fingerprint density at radius 2 is 1.84 bits per heavy atom. The van der Waals surface area contributed by atoms with E-state index in [1.165, 1.54) is 22.9 Å². The number of aromatic amines is 1. The fraction of sp³-hybridized carbons (Fsp3) is 0.278. The summed E-state index contributed by atoms with van der Waals surface area (Å²) in [5.41, 5.74) is 3.27. The summed E-state index contributed by atoms with van der Waals surface area (Å²) in [6.07, 6.45) is 1.76. The van der Waals surface area contributed by atoms with Crippen LogP contribution >= 0.6 is 34.9 Å². The maximum atomic E-state index is 12.0. The number of benzene rings is 1. The third kappa shape index (κ3) is 5.20. The smallest absolute Gasteiger partial charge is 0.189 e. The predicted octanol–water partition coefficient (Wildman–Crippen LogP) is 5.26. The topological polar surface area (TPSA) is 58.6 Å². The quantitative estimate of drug-likeness (QED) is 0.421. The van der Waals surface area contributed by atoms with Crippen molar-refractivity contribution in [3.8, 4) is 0 Å². The highest BCUT2D eigenvalue weighted by Crippen LogP contribution is 2.31. The second-order valence-electron chi connectivity index (χ2n) is 5.81. The van der Waals surface area contributed by atoms with Crippen molar-refractivity contribution >= 4 is 40.6 Å². The fourth-order valence-electron chi connectivity index (χ4n) is 2.17. The van der Waals surface area contributed by atoms with Gasteiger partial charge in [0.25, 0.3) is 0 Å². The fourth-order valence-corrected chi connectivity index (χ4v) is 5.03. The van der Waals surface area contributed by atoms with Gasteiger partial charge in [0, 0.05) is 11.9 Å². The molecular weight excluding hydrogens is 370 g/mol. The maximum Gasteiger partial charge on any atom is 0.189 e. The van der Waals surface area contributed by atoms with Crippen LogP contribution in [0.3, 0.4) is 0 Å². The number of rotatable bonds is 8. The number of thioether (sulfide) groups is 2. The summed E-state index contributed by atoms with van der Waals surface area (Å²) in [4.78, 5) is 14.9. The zero-order valence-corrected chi connectivity index (χ0v) is 16.5. The highest BCUT2D eigenvalue weighted by Gasteiger charge is 2.11. The molecule has 7 heteroatoms. The van der Waals surface area contributed by atoms with Gasteiger partial charge in [-0.3, -0.25) is 4.79 Å². The third-order valence-electron chi connectivity index (χ3n) is 3.62. The number of carbonyl (C=O) groups is 1. The number of hydrogen-bond donors (Lipinski definition) is 1. The summed E-state index contributed by atoms with van der Waals surface area (Å²) < 4.78 is 1.76. The molecule has 0 aliphatic heterocycles. The van der Waals surface area contributed by atoms with Gasteiger partial charge in [-0.2, -0.15) is 0 Å². The van der Waals surface area contributed by atoms with Gasteiger partial charge < -0.3 is 4.98 Å². The summed E-state index contributed by atoms with van der Waals surface area (Å²) in [6, 6.07) is 12.3. The molecule has 0 fully saturated rings. The Bertz CT molecular complexity index is 810. The molecule has 4 nitrogen and oxygen atoms in total. The number of nitrogens with one attached hydrogen (secondary N) is 1. The normalized spacial score (nSPS) is 11.2. The van der Waals surface area contributed by atoms with Crippen LogP contribution in [-0.4, -0.2) is 26.7 Å². The van der Waals surface area contributed by atoms with Gasteiger partial charge in [0.2, 0.25) is 0 Å². The minimum atomic E-state index is 0.0737. The van der Waals surface area contributed by atoms with Gasteiger partial charge >= 0.3 is 0 Å². The lowest BCUT2D eigenvalue weighted by Crippen LogP contribution is -2.02. The zero-order chi connectivity index (χ0) is 17.6. The van der Waals surface area contributed by atoms with Crippen LogP contribution in [0.5, 0.6) is 0 Å². The van der Waals surface area contributed by atoms with E-state index < -0.39 is 0 Å². The van der Waals surface area contributed by atoms with Crippen molar-refractivity contribution in [1.29, 1.82) is 0 Å². The number of nitrogens with zero attached hydrogens (tertiary/aromatic N) is 2. The summed E-state index contributed by atoms with van der Waals surface area (Å²) in [5, 5.41) is 8.38. The summed E-state index contributed by atoms with van der Waals surface area (Å²) in [7, 11) is 0. The predicted molar refractivity (Wildman–Crippen MR) is 106 cm³/mol. The van der Waals surface area contributed by atoms with Crippen molar-refractivity contribution in [2.75, 3.05) is 5.75 Å². The second kappa shape index (κ2) is 8.69. The van der Waals surface area contributed by atoms with Gasteiger partial charge in [-0.15, -0.1) is 10.2 Å². The van der Waals surface area contributed by atoms with Crippen LogP contribution < -0.4 is 0 Å². The molecule has 0 aliphatic rings. The molecule has 0 amide bonds. The molecule has 3 aromatic rings. The van der Waals surface area contributed by atoms with E-state index in [1.807, 2.05) is 6.07 Å². The van der Waals surface area contributed by atoms with Gasteiger partial charge in [0.1, 0.15) is 0 Å². The Morgan fingerprint density at radius 3 is 2.48 bits per heavy atom. The van der Waals surface area contributed by atoms with Crippen LogP contribution in [0.15, 0.2) is 51.3 Å². The Balaban J connectivity index is 1.49. The van der Waals surface area contributed by atoms with Crippen LogP contribution in [0, 0.1) is 0 Å². The monoisotopic (exact) mass is 389 g/mol. The van der Waals surface area contributed by atoms with Crippen molar-refractivity contribution in [3.05, 3.63) is 59.4 Å². The van der Waals surface area contributed by atoms with Crippen molar-refractivity contribution < 1.29 is 4.79 Å². The number of ketones is 1. The summed E-state index contributed by atoms with van der Waals surface area (Å²) >= 11 is 4.66. The first-order chi connectivity index (χ1) is 12.1. The van der Waals surface area contributed by atoms with E-state index in [9.17, 15) is 4.79 Å². The van der Waals surface area contributed by atoms with Gasteiger partial charge in [-0.1, -0.05) is 73.0 Å². The molecule has 0 saturated carbocycles. The van der Waals surface area contributed by atoms with Crippen molar-refractivity contribution in [3.63, 3.8) is 0 Å². The Morgan fingerprint density at radius 1 is 1.12 bits per heavy atom. The van der Waals surface area contributed by atoms with Crippen LogP contribution in [0.4, 0.5) is 0 Å². The average Bonchev–Trinajstić information content (AvgIpc) is 3.30. The first-order valence-corrected chi connectivity index (χ1v) is 10.7. The van der Waals surface area contributed by atoms with E-state index in [1.54, 1.807) is 35.4 Å². The molecule has 2 heterocycles. The standard InChI is InChI=1S/C18H19N3OS3/c1-12(2)14-7-5-13(6-8-14)10-23-17-20-21-18(25-17)24-11-16(22)15-4-3-9-19-15/h3-9,12,19H,10-11H2,1-2H3. The third-order valence-corrected chi connectivity index (χ3v) is 6.88. The van der Waals surface area contributed by atoms with E-state index in [0.29, 0.717) is 17.4 Å². The molecule has 25 heavy (non-hydrogen) atoms. The Labute approximate surface area is 159 Å². The van der Waals surface area contributed by atoms with Gasteiger partial charge in [-0.25, -0.2) is 0 Å². The highest BCUT2D eigenvalue weighted by molar-refractivity contribution is 8.03. The van der Waals surface area contributed by atoms with E-state index in [0.717, 1.165) is 14.4 Å². The summed E-state index contributed by atoms with van der Waals surface area (Å²) in [5.74, 6) is 1.87. The molecule has 0 bridgehead atoms. The van der Waals surface area contributed by atoms with Crippen molar-refractivity contribution in [1.82, 2.24) is 15.2 Å². The molecule has 0 radical (unpaired) electrons. The molecule has 0 spiro atoms. The van der Waals surface area contributed by atoms with Crippen LogP contribution in [0.2, 0.25) is 0 Å². The Kier molecular flexibility index (Phi) is 6.34. The molecule has 2 aromatic heterocycles. The van der Waals surface area contributed by atoms with E-state index in [4.69, 9.17) is 0 Å².